The van der Waals surface area contributed by atoms with Crippen LogP contribution in [0.2, 0.25) is 0 Å². The minimum absolute atomic E-state index is 0.0264. The maximum absolute atomic E-state index is 12.1. The highest BCUT2D eigenvalue weighted by atomic mass is 79.9. The van der Waals surface area contributed by atoms with E-state index in [1.165, 1.54) is 0 Å². The van der Waals surface area contributed by atoms with E-state index in [4.69, 9.17) is 0 Å². The van der Waals surface area contributed by atoms with E-state index in [0.717, 1.165) is 29.3 Å². The summed E-state index contributed by atoms with van der Waals surface area (Å²) in [6, 6.07) is 7.85. The number of hydrogen-bond acceptors (Lipinski definition) is 2. The van der Waals surface area contributed by atoms with E-state index in [2.05, 4.69) is 21.2 Å². The number of nitrogens with one attached hydrogen (secondary N) is 1. The average Bonchev–Trinajstić information content (AvgIpc) is 2.75. The van der Waals surface area contributed by atoms with Gasteiger partial charge in [0, 0.05) is 15.9 Å². The molecule has 4 heteroatoms. The summed E-state index contributed by atoms with van der Waals surface area (Å²) >= 11 is 3.45. The molecule has 0 spiro atoms. The molecular formula is C15H20BrNO2. The van der Waals surface area contributed by atoms with Crippen LogP contribution in [0, 0.1) is 5.41 Å². The Hall–Kier alpha value is -0.870. The molecule has 0 bridgehead atoms. The molecule has 0 radical (unpaired) electrons. The van der Waals surface area contributed by atoms with Crippen LogP contribution in [0.1, 0.15) is 31.7 Å². The molecule has 1 aliphatic rings. The second-order valence-corrected chi connectivity index (χ2v) is 6.45. The number of halogens is 1. The summed E-state index contributed by atoms with van der Waals surface area (Å²) in [4.78, 5) is 12.1. The van der Waals surface area contributed by atoms with Crippen molar-refractivity contribution >= 4 is 21.8 Å². The summed E-state index contributed by atoms with van der Waals surface area (Å²) in [6.07, 6.45) is 3.37. The van der Waals surface area contributed by atoms with E-state index >= 15 is 0 Å². The third-order valence-electron chi connectivity index (χ3n) is 4.09. The Kier molecular flexibility index (Phi) is 4.63. The summed E-state index contributed by atoms with van der Waals surface area (Å²) in [5, 5.41) is 12.6. The van der Waals surface area contributed by atoms with Crippen molar-refractivity contribution in [2.45, 2.75) is 38.6 Å². The molecule has 1 saturated carbocycles. The van der Waals surface area contributed by atoms with Crippen molar-refractivity contribution in [3.05, 3.63) is 34.3 Å². The Morgan fingerprint density at radius 1 is 1.53 bits per heavy atom. The van der Waals surface area contributed by atoms with Crippen molar-refractivity contribution in [1.82, 2.24) is 5.32 Å². The topological polar surface area (TPSA) is 49.3 Å². The molecule has 0 aliphatic heterocycles. The van der Waals surface area contributed by atoms with Gasteiger partial charge in [-0.05, 0) is 24.5 Å². The summed E-state index contributed by atoms with van der Waals surface area (Å²) in [5.74, 6) is 0.0264. The van der Waals surface area contributed by atoms with E-state index < -0.39 is 0 Å². The molecule has 1 aliphatic carbocycles. The minimum Gasteiger partial charge on any atom is -0.396 e. The second-order valence-electron chi connectivity index (χ2n) is 5.59. The predicted molar refractivity (Wildman–Crippen MR) is 78.8 cm³/mol. The lowest BCUT2D eigenvalue weighted by Crippen LogP contribution is -2.45. The van der Waals surface area contributed by atoms with Crippen molar-refractivity contribution in [2.75, 3.05) is 6.61 Å². The molecule has 1 fully saturated rings. The Morgan fingerprint density at radius 3 is 2.95 bits per heavy atom. The quantitative estimate of drug-likeness (QED) is 0.894. The lowest BCUT2D eigenvalue weighted by molar-refractivity contribution is -0.122. The lowest BCUT2D eigenvalue weighted by Gasteiger charge is -2.30. The van der Waals surface area contributed by atoms with E-state index in [9.17, 15) is 9.90 Å². The van der Waals surface area contributed by atoms with Crippen LogP contribution in [0.4, 0.5) is 0 Å². The summed E-state index contributed by atoms with van der Waals surface area (Å²) in [7, 11) is 0. The average molecular weight is 326 g/mol. The SMILES string of the molecule is CC1(CO)CCCC1NC(=O)Cc1ccccc1Br. The van der Waals surface area contributed by atoms with Crippen LogP contribution in [0.3, 0.4) is 0 Å². The molecule has 0 aromatic heterocycles. The number of aliphatic hydroxyl groups is 1. The predicted octanol–water partition coefficient (Wildman–Crippen LogP) is 2.66. The number of amides is 1. The van der Waals surface area contributed by atoms with Gasteiger partial charge in [0.05, 0.1) is 13.0 Å². The maximum atomic E-state index is 12.1. The van der Waals surface area contributed by atoms with Crippen LogP contribution in [0.5, 0.6) is 0 Å². The zero-order chi connectivity index (χ0) is 13.9. The fraction of sp³-hybridized carbons (Fsp3) is 0.533. The van der Waals surface area contributed by atoms with Gasteiger partial charge in [-0.2, -0.15) is 0 Å². The van der Waals surface area contributed by atoms with Gasteiger partial charge in [0.25, 0.3) is 0 Å². The van der Waals surface area contributed by atoms with Crippen molar-refractivity contribution in [1.29, 1.82) is 0 Å². The van der Waals surface area contributed by atoms with Crippen LogP contribution < -0.4 is 5.32 Å². The van der Waals surface area contributed by atoms with Gasteiger partial charge in [0.1, 0.15) is 0 Å². The summed E-state index contributed by atoms with van der Waals surface area (Å²) in [6.45, 7) is 2.18. The van der Waals surface area contributed by atoms with Crippen molar-refractivity contribution in [3.63, 3.8) is 0 Å². The van der Waals surface area contributed by atoms with Crippen LogP contribution in [-0.2, 0) is 11.2 Å². The van der Waals surface area contributed by atoms with E-state index in [-0.39, 0.29) is 24.0 Å². The minimum atomic E-state index is -0.163. The molecule has 2 N–H and O–H groups in total. The van der Waals surface area contributed by atoms with Gasteiger partial charge in [-0.1, -0.05) is 47.5 Å². The van der Waals surface area contributed by atoms with Crippen LogP contribution in [-0.4, -0.2) is 23.7 Å². The first-order chi connectivity index (χ1) is 9.05. The molecule has 104 valence electrons. The molecule has 3 nitrogen and oxygen atoms in total. The van der Waals surface area contributed by atoms with Crippen molar-refractivity contribution in [2.24, 2.45) is 5.41 Å². The first-order valence-corrected chi connectivity index (χ1v) is 7.48. The van der Waals surface area contributed by atoms with Crippen LogP contribution >= 0.6 is 15.9 Å². The van der Waals surface area contributed by atoms with Crippen LogP contribution in [0.25, 0.3) is 0 Å². The molecular weight excluding hydrogens is 306 g/mol. The van der Waals surface area contributed by atoms with Crippen molar-refractivity contribution < 1.29 is 9.90 Å². The largest absolute Gasteiger partial charge is 0.396 e. The molecule has 1 aromatic rings. The van der Waals surface area contributed by atoms with E-state index in [0.29, 0.717) is 6.42 Å². The maximum Gasteiger partial charge on any atom is 0.224 e. The van der Waals surface area contributed by atoms with Gasteiger partial charge in [-0.3, -0.25) is 4.79 Å². The van der Waals surface area contributed by atoms with Gasteiger partial charge in [-0.15, -0.1) is 0 Å². The molecule has 19 heavy (non-hydrogen) atoms. The monoisotopic (exact) mass is 325 g/mol. The van der Waals surface area contributed by atoms with E-state index in [1.54, 1.807) is 0 Å². The first-order valence-electron chi connectivity index (χ1n) is 6.69. The highest BCUT2D eigenvalue weighted by Gasteiger charge is 2.38. The van der Waals surface area contributed by atoms with Gasteiger partial charge < -0.3 is 10.4 Å². The van der Waals surface area contributed by atoms with E-state index in [1.807, 2.05) is 31.2 Å². The zero-order valence-electron chi connectivity index (χ0n) is 11.2. The molecule has 1 aromatic carbocycles. The number of rotatable bonds is 4. The third-order valence-corrected chi connectivity index (χ3v) is 4.86. The number of hydrogen-bond donors (Lipinski definition) is 2. The second kappa shape index (κ2) is 6.06. The fourth-order valence-corrected chi connectivity index (χ4v) is 3.15. The number of benzene rings is 1. The molecule has 2 rings (SSSR count). The third kappa shape index (κ3) is 3.37. The molecule has 1 amide bonds. The fourth-order valence-electron chi connectivity index (χ4n) is 2.73. The van der Waals surface area contributed by atoms with Gasteiger partial charge in [-0.25, -0.2) is 0 Å². The van der Waals surface area contributed by atoms with Crippen molar-refractivity contribution in [3.8, 4) is 0 Å². The Morgan fingerprint density at radius 2 is 2.26 bits per heavy atom. The standard InChI is InChI=1S/C15H20BrNO2/c1-15(10-18)8-4-7-13(15)17-14(19)9-11-5-2-3-6-12(11)16/h2-3,5-6,13,18H,4,7-10H2,1H3,(H,17,19). The highest BCUT2D eigenvalue weighted by Crippen LogP contribution is 2.37. The Labute approximate surface area is 122 Å². The number of carbonyl (C=O) groups is 1. The van der Waals surface area contributed by atoms with Gasteiger partial charge in [0.15, 0.2) is 0 Å². The van der Waals surface area contributed by atoms with Crippen LogP contribution in [0.15, 0.2) is 28.7 Å². The van der Waals surface area contributed by atoms with Gasteiger partial charge >= 0.3 is 0 Å². The molecule has 0 heterocycles. The Balaban J connectivity index is 1.97. The molecule has 0 saturated heterocycles. The zero-order valence-corrected chi connectivity index (χ0v) is 12.7. The smallest absolute Gasteiger partial charge is 0.224 e. The molecule has 2 atom stereocenters. The number of aliphatic hydroxyl groups excluding tert-OH is 1. The number of carbonyl (C=O) groups excluding carboxylic acids is 1. The Bertz CT molecular complexity index is 463. The normalized spacial score (nSPS) is 26.4. The highest BCUT2D eigenvalue weighted by molar-refractivity contribution is 9.10. The summed E-state index contributed by atoms with van der Waals surface area (Å²) < 4.78 is 0.960. The van der Waals surface area contributed by atoms with Gasteiger partial charge in [0.2, 0.25) is 5.91 Å². The summed E-state index contributed by atoms with van der Waals surface area (Å²) in [5.41, 5.74) is 0.826. The lowest BCUT2D eigenvalue weighted by atomic mass is 9.85. The molecule has 2 unspecified atom stereocenters. The first kappa shape index (κ1) is 14.5.